The molecule has 1 aliphatic rings. The Balaban J connectivity index is 1.72. The highest BCUT2D eigenvalue weighted by atomic mass is 32.1. The van der Waals surface area contributed by atoms with Crippen molar-refractivity contribution < 1.29 is 9.53 Å². The Bertz CT molecular complexity index is 562. The molecular weight excluding hydrogens is 282 g/mol. The van der Waals surface area contributed by atoms with Gasteiger partial charge in [-0.15, -0.1) is 11.3 Å². The van der Waals surface area contributed by atoms with E-state index in [1.54, 1.807) is 11.3 Å². The fourth-order valence-electron chi connectivity index (χ4n) is 2.61. The summed E-state index contributed by atoms with van der Waals surface area (Å²) in [5.74, 6) is 0.0156. The molecule has 0 saturated carbocycles. The zero-order chi connectivity index (χ0) is 14.5. The number of amides is 1. The van der Waals surface area contributed by atoms with Gasteiger partial charge in [0.2, 0.25) is 5.91 Å². The first kappa shape index (κ1) is 14.3. The molecule has 0 radical (unpaired) electrons. The summed E-state index contributed by atoms with van der Waals surface area (Å²) in [5.41, 5.74) is 1.23. The molecule has 110 valence electrons. The zero-order valence-electron chi connectivity index (χ0n) is 11.8. The predicted molar refractivity (Wildman–Crippen MR) is 84.3 cm³/mol. The van der Waals surface area contributed by atoms with Crippen LogP contribution in [0.5, 0.6) is 0 Å². The van der Waals surface area contributed by atoms with Crippen LogP contribution in [0.2, 0.25) is 0 Å². The molecule has 1 saturated heterocycles. The van der Waals surface area contributed by atoms with Crippen molar-refractivity contribution in [3.05, 3.63) is 58.3 Å². The van der Waals surface area contributed by atoms with Gasteiger partial charge in [-0.25, -0.2) is 0 Å². The van der Waals surface area contributed by atoms with Crippen LogP contribution in [0.3, 0.4) is 0 Å². The van der Waals surface area contributed by atoms with E-state index in [4.69, 9.17) is 4.74 Å². The Hall–Kier alpha value is -1.65. The van der Waals surface area contributed by atoms with Crippen molar-refractivity contribution in [3.8, 4) is 0 Å². The van der Waals surface area contributed by atoms with E-state index in [0.717, 1.165) is 19.3 Å². The normalized spacial score (nSPS) is 19.3. The van der Waals surface area contributed by atoms with Gasteiger partial charge in [-0.3, -0.25) is 4.79 Å². The number of hydrogen-bond donors (Lipinski definition) is 1. The van der Waals surface area contributed by atoms with Crippen LogP contribution >= 0.6 is 11.3 Å². The molecule has 2 aromatic rings. The molecule has 2 heterocycles. The maximum Gasteiger partial charge on any atom is 0.249 e. The minimum absolute atomic E-state index is 0.0156. The highest BCUT2D eigenvalue weighted by molar-refractivity contribution is 7.10. The first-order valence-corrected chi connectivity index (χ1v) is 8.20. The second-order valence-corrected chi connectivity index (χ2v) is 6.25. The molecule has 0 aliphatic carbocycles. The van der Waals surface area contributed by atoms with Crippen LogP contribution in [-0.2, 0) is 16.0 Å². The average Bonchev–Trinajstić information content (AvgIpc) is 3.21. The summed E-state index contributed by atoms with van der Waals surface area (Å²) in [6.45, 7) is 0.695. The molecule has 3 rings (SSSR count). The molecule has 1 amide bonds. The minimum atomic E-state index is -0.275. The van der Waals surface area contributed by atoms with Gasteiger partial charge in [-0.05, 0) is 36.3 Å². The number of rotatable bonds is 5. The van der Waals surface area contributed by atoms with Crippen molar-refractivity contribution in [2.24, 2.45) is 0 Å². The standard InChI is InChI=1S/C17H19NO2S/c19-17(15-8-4-10-20-15)18-14(16-9-5-11-21-16)12-13-6-2-1-3-7-13/h1-3,5-7,9,11,14-15H,4,8,10,12H2,(H,18,19)/t14-,15+/m0/s1. The molecule has 0 spiro atoms. The second-order valence-electron chi connectivity index (χ2n) is 5.27. The summed E-state index contributed by atoms with van der Waals surface area (Å²) in [7, 11) is 0. The molecule has 1 N–H and O–H groups in total. The Labute approximate surface area is 129 Å². The smallest absolute Gasteiger partial charge is 0.249 e. The van der Waals surface area contributed by atoms with E-state index in [9.17, 15) is 4.79 Å². The largest absolute Gasteiger partial charge is 0.368 e. The predicted octanol–water partition coefficient (Wildman–Crippen LogP) is 3.33. The van der Waals surface area contributed by atoms with Crippen molar-refractivity contribution in [2.75, 3.05) is 6.61 Å². The van der Waals surface area contributed by atoms with Gasteiger partial charge < -0.3 is 10.1 Å². The summed E-state index contributed by atoms with van der Waals surface area (Å²) in [6.07, 6.45) is 2.33. The second kappa shape index (κ2) is 6.87. The maximum absolute atomic E-state index is 12.3. The fraction of sp³-hybridized carbons (Fsp3) is 0.353. The number of benzene rings is 1. The van der Waals surface area contributed by atoms with Gasteiger partial charge in [0.1, 0.15) is 6.10 Å². The molecule has 3 nitrogen and oxygen atoms in total. The Morgan fingerprint density at radius 3 is 2.81 bits per heavy atom. The van der Waals surface area contributed by atoms with Gasteiger partial charge in [-0.2, -0.15) is 0 Å². The van der Waals surface area contributed by atoms with Crippen LogP contribution in [0.25, 0.3) is 0 Å². The summed E-state index contributed by atoms with van der Waals surface area (Å²) >= 11 is 1.68. The summed E-state index contributed by atoms with van der Waals surface area (Å²) < 4.78 is 5.47. The maximum atomic E-state index is 12.3. The quantitative estimate of drug-likeness (QED) is 0.920. The topological polar surface area (TPSA) is 38.3 Å². The molecular formula is C17H19NO2S. The number of ether oxygens (including phenoxy) is 1. The van der Waals surface area contributed by atoms with Crippen molar-refractivity contribution >= 4 is 17.2 Å². The third-order valence-electron chi connectivity index (χ3n) is 3.71. The lowest BCUT2D eigenvalue weighted by Gasteiger charge is -2.20. The van der Waals surface area contributed by atoms with E-state index >= 15 is 0 Å². The molecule has 21 heavy (non-hydrogen) atoms. The first-order valence-electron chi connectivity index (χ1n) is 7.32. The van der Waals surface area contributed by atoms with Gasteiger partial charge in [0.05, 0.1) is 6.04 Å². The van der Waals surface area contributed by atoms with Crippen LogP contribution in [0, 0.1) is 0 Å². The van der Waals surface area contributed by atoms with Crippen molar-refractivity contribution in [1.82, 2.24) is 5.32 Å². The molecule has 4 heteroatoms. The number of hydrogen-bond acceptors (Lipinski definition) is 3. The molecule has 1 aromatic heterocycles. The minimum Gasteiger partial charge on any atom is -0.368 e. The Kier molecular flexibility index (Phi) is 4.68. The first-order chi connectivity index (χ1) is 10.3. The third-order valence-corrected chi connectivity index (χ3v) is 4.69. The van der Waals surface area contributed by atoms with Gasteiger partial charge in [0.25, 0.3) is 0 Å². The number of nitrogens with one attached hydrogen (secondary N) is 1. The molecule has 1 aliphatic heterocycles. The van der Waals surface area contributed by atoms with Gasteiger partial charge in [-0.1, -0.05) is 36.4 Å². The lowest BCUT2D eigenvalue weighted by molar-refractivity contribution is -0.130. The Morgan fingerprint density at radius 2 is 2.14 bits per heavy atom. The molecule has 0 unspecified atom stereocenters. The summed E-state index contributed by atoms with van der Waals surface area (Å²) in [4.78, 5) is 13.5. The van der Waals surface area contributed by atoms with Gasteiger partial charge in [0, 0.05) is 11.5 Å². The fourth-order valence-corrected chi connectivity index (χ4v) is 3.39. The monoisotopic (exact) mass is 301 g/mol. The Morgan fingerprint density at radius 1 is 1.29 bits per heavy atom. The van der Waals surface area contributed by atoms with E-state index < -0.39 is 0 Å². The molecule has 2 atom stereocenters. The van der Waals surface area contributed by atoms with Crippen LogP contribution in [0.1, 0.15) is 29.3 Å². The average molecular weight is 301 g/mol. The number of carbonyl (C=O) groups is 1. The molecule has 0 bridgehead atoms. The number of thiophene rings is 1. The summed E-state index contributed by atoms with van der Waals surface area (Å²) in [5, 5.41) is 5.20. The summed E-state index contributed by atoms with van der Waals surface area (Å²) in [6, 6.07) is 14.4. The zero-order valence-corrected chi connectivity index (χ0v) is 12.6. The lowest BCUT2D eigenvalue weighted by Crippen LogP contribution is -2.37. The molecule has 1 aromatic carbocycles. The number of carbonyl (C=O) groups excluding carboxylic acids is 1. The third kappa shape index (κ3) is 3.71. The van der Waals surface area contributed by atoms with Crippen LogP contribution in [-0.4, -0.2) is 18.6 Å². The van der Waals surface area contributed by atoms with Crippen molar-refractivity contribution in [2.45, 2.75) is 31.4 Å². The van der Waals surface area contributed by atoms with Crippen LogP contribution in [0.4, 0.5) is 0 Å². The van der Waals surface area contributed by atoms with E-state index in [-0.39, 0.29) is 18.1 Å². The van der Waals surface area contributed by atoms with Gasteiger partial charge >= 0.3 is 0 Å². The van der Waals surface area contributed by atoms with Crippen molar-refractivity contribution in [1.29, 1.82) is 0 Å². The SMILES string of the molecule is O=C(N[C@@H](Cc1ccccc1)c1cccs1)[C@H]1CCCO1. The van der Waals surface area contributed by atoms with Crippen LogP contribution in [0.15, 0.2) is 47.8 Å². The van der Waals surface area contributed by atoms with Gasteiger partial charge in [0.15, 0.2) is 0 Å². The van der Waals surface area contributed by atoms with E-state index in [2.05, 4.69) is 23.5 Å². The highest BCUT2D eigenvalue weighted by Gasteiger charge is 2.26. The van der Waals surface area contributed by atoms with E-state index in [1.165, 1.54) is 10.4 Å². The van der Waals surface area contributed by atoms with E-state index in [1.807, 2.05) is 29.6 Å². The van der Waals surface area contributed by atoms with Crippen molar-refractivity contribution in [3.63, 3.8) is 0 Å². The van der Waals surface area contributed by atoms with E-state index in [0.29, 0.717) is 6.61 Å². The van der Waals surface area contributed by atoms with Crippen LogP contribution < -0.4 is 5.32 Å². The lowest BCUT2D eigenvalue weighted by atomic mass is 10.0. The molecule has 1 fully saturated rings. The highest BCUT2D eigenvalue weighted by Crippen LogP contribution is 2.24.